The van der Waals surface area contributed by atoms with Crippen molar-refractivity contribution in [3.63, 3.8) is 0 Å². The molecule has 0 aliphatic heterocycles. The summed E-state index contributed by atoms with van der Waals surface area (Å²) >= 11 is 1.66. The molecule has 0 fully saturated rings. The fourth-order valence-corrected chi connectivity index (χ4v) is 3.20. The summed E-state index contributed by atoms with van der Waals surface area (Å²) in [6, 6.07) is 4.13. The molecular weight excluding hydrogens is 288 g/mol. The summed E-state index contributed by atoms with van der Waals surface area (Å²) in [5, 5.41) is 21.0. The number of aromatic nitrogens is 2. The van der Waals surface area contributed by atoms with Gasteiger partial charge in [-0.15, -0.1) is 11.3 Å². The van der Waals surface area contributed by atoms with Crippen LogP contribution in [0.3, 0.4) is 0 Å². The number of aryl methyl sites for hydroxylation is 2. The number of anilines is 1. The Balaban J connectivity index is 2.36. The standard InChI is InChI=1S/C14H20N4O2S/c1-4-7-11(12-8-6-9-21-12)15-14-13(18(19)20)10(5-2)16-17(14)3/h6,8-9,11,15H,4-5,7H2,1-3H3. The smallest absolute Gasteiger partial charge is 0.333 e. The second-order valence-electron chi connectivity index (χ2n) is 4.88. The van der Waals surface area contributed by atoms with Gasteiger partial charge in [-0.1, -0.05) is 26.3 Å². The van der Waals surface area contributed by atoms with Gasteiger partial charge in [-0.05, 0) is 24.3 Å². The van der Waals surface area contributed by atoms with Gasteiger partial charge in [0.1, 0.15) is 5.69 Å². The van der Waals surface area contributed by atoms with Crippen LogP contribution in [-0.4, -0.2) is 14.7 Å². The second-order valence-corrected chi connectivity index (χ2v) is 5.86. The summed E-state index contributed by atoms with van der Waals surface area (Å²) in [6.45, 7) is 3.99. The highest BCUT2D eigenvalue weighted by molar-refractivity contribution is 7.10. The maximum absolute atomic E-state index is 11.4. The third-order valence-corrected chi connectivity index (χ3v) is 4.37. The lowest BCUT2D eigenvalue weighted by Crippen LogP contribution is -2.13. The van der Waals surface area contributed by atoms with Gasteiger partial charge in [0, 0.05) is 11.9 Å². The third-order valence-electron chi connectivity index (χ3n) is 3.38. The van der Waals surface area contributed by atoms with Crippen molar-refractivity contribution in [1.29, 1.82) is 0 Å². The Morgan fingerprint density at radius 1 is 1.52 bits per heavy atom. The molecule has 2 aromatic rings. The zero-order chi connectivity index (χ0) is 15.4. The van der Waals surface area contributed by atoms with E-state index in [-0.39, 0.29) is 16.7 Å². The van der Waals surface area contributed by atoms with E-state index in [1.807, 2.05) is 18.4 Å². The van der Waals surface area contributed by atoms with Crippen LogP contribution in [0.15, 0.2) is 17.5 Å². The molecular formula is C14H20N4O2S. The summed E-state index contributed by atoms with van der Waals surface area (Å²) in [5.41, 5.74) is 0.615. The molecule has 2 aromatic heterocycles. The van der Waals surface area contributed by atoms with Gasteiger partial charge in [0.2, 0.25) is 5.82 Å². The molecule has 1 atom stereocenters. The van der Waals surface area contributed by atoms with Crippen LogP contribution in [0, 0.1) is 10.1 Å². The highest BCUT2D eigenvalue weighted by Gasteiger charge is 2.27. The fourth-order valence-electron chi connectivity index (χ4n) is 2.39. The van der Waals surface area contributed by atoms with E-state index in [0.717, 1.165) is 12.8 Å². The second kappa shape index (κ2) is 6.71. The average Bonchev–Trinajstić information content (AvgIpc) is 3.06. The Bertz CT molecular complexity index is 607. The van der Waals surface area contributed by atoms with Gasteiger partial charge >= 0.3 is 5.69 Å². The number of nitro groups is 1. The normalized spacial score (nSPS) is 12.3. The van der Waals surface area contributed by atoms with Crippen molar-refractivity contribution in [2.75, 3.05) is 5.32 Å². The molecule has 1 N–H and O–H groups in total. The first-order chi connectivity index (χ1) is 10.1. The summed E-state index contributed by atoms with van der Waals surface area (Å²) in [6.07, 6.45) is 2.47. The molecule has 0 saturated heterocycles. The fraction of sp³-hybridized carbons (Fsp3) is 0.500. The van der Waals surface area contributed by atoms with E-state index in [9.17, 15) is 10.1 Å². The predicted molar refractivity (Wildman–Crippen MR) is 84.8 cm³/mol. The van der Waals surface area contributed by atoms with Crippen LogP contribution in [0.25, 0.3) is 0 Å². The Labute approximate surface area is 127 Å². The van der Waals surface area contributed by atoms with Crippen molar-refractivity contribution in [3.05, 3.63) is 38.2 Å². The molecule has 0 radical (unpaired) electrons. The molecule has 114 valence electrons. The maximum atomic E-state index is 11.4. The van der Waals surface area contributed by atoms with Crippen molar-refractivity contribution in [2.45, 2.75) is 39.2 Å². The number of hydrogen-bond donors (Lipinski definition) is 1. The van der Waals surface area contributed by atoms with E-state index in [1.165, 1.54) is 4.88 Å². The van der Waals surface area contributed by atoms with Crippen molar-refractivity contribution < 1.29 is 4.92 Å². The summed E-state index contributed by atoms with van der Waals surface area (Å²) < 4.78 is 1.58. The maximum Gasteiger partial charge on any atom is 0.333 e. The zero-order valence-electron chi connectivity index (χ0n) is 12.5. The van der Waals surface area contributed by atoms with Crippen molar-refractivity contribution >= 4 is 22.8 Å². The minimum absolute atomic E-state index is 0.0776. The van der Waals surface area contributed by atoms with Crippen LogP contribution in [0.4, 0.5) is 11.5 Å². The Hall–Kier alpha value is -1.89. The first kappa shape index (κ1) is 15.5. The summed E-state index contributed by atoms with van der Waals surface area (Å²) in [5.74, 6) is 0.490. The molecule has 0 aromatic carbocycles. The molecule has 0 saturated carbocycles. The SMILES string of the molecule is CCCC(Nc1c([N+](=O)[O-])c(CC)nn1C)c1cccs1. The molecule has 0 amide bonds. The third kappa shape index (κ3) is 3.24. The van der Waals surface area contributed by atoms with E-state index in [2.05, 4.69) is 23.4 Å². The monoisotopic (exact) mass is 308 g/mol. The molecule has 2 heterocycles. The molecule has 0 bridgehead atoms. The van der Waals surface area contributed by atoms with Gasteiger partial charge in [-0.2, -0.15) is 5.10 Å². The number of rotatable bonds is 7. The topological polar surface area (TPSA) is 73.0 Å². The van der Waals surface area contributed by atoms with E-state index in [4.69, 9.17) is 0 Å². The molecule has 7 heteroatoms. The van der Waals surface area contributed by atoms with Gasteiger partial charge in [0.05, 0.1) is 11.0 Å². The number of thiophene rings is 1. The zero-order valence-corrected chi connectivity index (χ0v) is 13.3. The first-order valence-electron chi connectivity index (χ1n) is 7.08. The number of nitrogens with one attached hydrogen (secondary N) is 1. The van der Waals surface area contributed by atoms with E-state index < -0.39 is 0 Å². The van der Waals surface area contributed by atoms with Crippen LogP contribution in [0.2, 0.25) is 0 Å². The largest absolute Gasteiger partial charge is 0.357 e. The van der Waals surface area contributed by atoms with E-state index >= 15 is 0 Å². The molecule has 0 aliphatic carbocycles. The first-order valence-corrected chi connectivity index (χ1v) is 7.96. The van der Waals surface area contributed by atoms with Crippen LogP contribution in [-0.2, 0) is 13.5 Å². The van der Waals surface area contributed by atoms with E-state index in [0.29, 0.717) is 17.9 Å². The average molecular weight is 308 g/mol. The minimum Gasteiger partial charge on any atom is -0.357 e. The van der Waals surface area contributed by atoms with Gasteiger partial charge in [-0.3, -0.25) is 10.1 Å². The van der Waals surface area contributed by atoms with Crippen LogP contribution in [0.5, 0.6) is 0 Å². The highest BCUT2D eigenvalue weighted by atomic mass is 32.1. The van der Waals surface area contributed by atoms with Gasteiger partial charge in [-0.25, -0.2) is 4.68 Å². The van der Waals surface area contributed by atoms with Crippen molar-refractivity contribution in [3.8, 4) is 0 Å². The van der Waals surface area contributed by atoms with Crippen molar-refractivity contribution in [1.82, 2.24) is 9.78 Å². The Morgan fingerprint density at radius 3 is 2.81 bits per heavy atom. The van der Waals surface area contributed by atoms with Crippen LogP contribution < -0.4 is 5.32 Å². The molecule has 2 rings (SSSR count). The molecule has 1 unspecified atom stereocenters. The lowest BCUT2D eigenvalue weighted by Gasteiger charge is -2.17. The molecule has 0 spiro atoms. The lowest BCUT2D eigenvalue weighted by atomic mass is 10.1. The van der Waals surface area contributed by atoms with Crippen LogP contribution >= 0.6 is 11.3 Å². The number of hydrogen-bond acceptors (Lipinski definition) is 5. The predicted octanol–water partition coefficient (Wildman–Crippen LogP) is 3.91. The quantitative estimate of drug-likeness (QED) is 0.622. The molecule has 0 aliphatic rings. The lowest BCUT2D eigenvalue weighted by molar-refractivity contribution is -0.384. The Morgan fingerprint density at radius 2 is 2.29 bits per heavy atom. The van der Waals surface area contributed by atoms with Crippen molar-refractivity contribution in [2.24, 2.45) is 7.05 Å². The van der Waals surface area contributed by atoms with Gasteiger partial charge in [0.25, 0.3) is 0 Å². The Kier molecular flexibility index (Phi) is 4.95. The minimum atomic E-state index is -0.342. The molecule has 21 heavy (non-hydrogen) atoms. The van der Waals surface area contributed by atoms with Gasteiger partial charge in [0.15, 0.2) is 0 Å². The highest BCUT2D eigenvalue weighted by Crippen LogP contribution is 2.34. The summed E-state index contributed by atoms with van der Waals surface area (Å²) in [7, 11) is 1.74. The van der Waals surface area contributed by atoms with Crippen LogP contribution in [0.1, 0.15) is 43.3 Å². The summed E-state index contributed by atoms with van der Waals surface area (Å²) in [4.78, 5) is 12.2. The molecule has 6 nitrogen and oxygen atoms in total. The number of nitrogens with zero attached hydrogens (tertiary/aromatic N) is 3. The van der Waals surface area contributed by atoms with Gasteiger partial charge < -0.3 is 5.32 Å². The van der Waals surface area contributed by atoms with E-state index in [1.54, 1.807) is 23.1 Å².